The van der Waals surface area contributed by atoms with Gasteiger partial charge in [-0.2, -0.15) is 0 Å². The number of nitrogens with zero attached hydrogens (tertiary/aromatic N) is 1. The van der Waals surface area contributed by atoms with Crippen LogP contribution >= 0.6 is 11.8 Å². The number of hydrogen-bond donors (Lipinski definition) is 1. The predicted octanol–water partition coefficient (Wildman–Crippen LogP) is 2.16. The molecule has 1 aliphatic heterocycles. The lowest BCUT2D eigenvalue weighted by molar-refractivity contribution is -0.128. The van der Waals surface area contributed by atoms with Crippen LogP contribution in [0.3, 0.4) is 0 Å². The molecule has 0 bridgehead atoms. The minimum Gasteiger partial charge on any atom is -0.399 e. The molecule has 0 aromatic heterocycles. The Hall–Kier alpha value is -1.49. The number of imide groups is 1. The number of hydrogen-bond acceptors (Lipinski definition) is 4. The lowest BCUT2D eigenvalue weighted by atomic mass is 10.1. The first kappa shape index (κ1) is 12.0. The second kappa shape index (κ2) is 4.79. The average molecular weight is 250 g/mol. The molecule has 1 aliphatic rings. The fourth-order valence-corrected chi connectivity index (χ4v) is 2.51. The zero-order valence-corrected chi connectivity index (χ0v) is 10.4. The second-order valence-electron chi connectivity index (χ2n) is 3.98. The molecule has 4 nitrogen and oxygen atoms in total. The Labute approximate surface area is 104 Å². The summed E-state index contributed by atoms with van der Waals surface area (Å²) in [4.78, 5) is 24.6. The Morgan fingerprint density at radius 1 is 1.41 bits per heavy atom. The van der Waals surface area contributed by atoms with Crippen LogP contribution in [0, 0.1) is 6.92 Å². The van der Waals surface area contributed by atoms with Crippen molar-refractivity contribution in [1.29, 1.82) is 0 Å². The first-order chi connectivity index (χ1) is 8.09. The van der Waals surface area contributed by atoms with E-state index >= 15 is 0 Å². The molecule has 0 saturated carbocycles. The van der Waals surface area contributed by atoms with Gasteiger partial charge in [-0.25, -0.2) is 0 Å². The zero-order chi connectivity index (χ0) is 12.4. The highest BCUT2D eigenvalue weighted by Crippen LogP contribution is 2.23. The maximum absolute atomic E-state index is 11.7. The van der Waals surface area contributed by atoms with E-state index in [4.69, 9.17) is 5.73 Å². The summed E-state index contributed by atoms with van der Waals surface area (Å²) in [7, 11) is 0. The van der Waals surface area contributed by atoms with E-state index in [1.54, 1.807) is 0 Å². The third kappa shape index (κ3) is 2.44. The minimum atomic E-state index is -0.164. The fraction of sp³-hybridized carbons (Fsp3) is 0.333. The van der Waals surface area contributed by atoms with Crippen LogP contribution < -0.4 is 5.73 Å². The first-order valence-electron chi connectivity index (χ1n) is 5.40. The number of amides is 2. The van der Waals surface area contributed by atoms with Crippen LogP contribution in [0.2, 0.25) is 0 Å². The van der Waals surface area contributed by atoms with Gasteiger partial charge in [0.15, 0.2) is 0 Å². The van der Waals surface area contributed by atoms with E-state index in [2.05, 4.69) is 0 Å². The van der Waals surface area contributed by atoms with Crippen molar-refractivity contribution in [2.75, 3.05) is 11.5 Å². The number of carbonyl (C=O) groups is 2. The van der Waals surface area contributed by atoms with Gasteiger partial charge in [0.2, 0.25) is 5.91 Å². The van der Waals surface area contributed by atoms with Crippen molar-refractivity contribution in [3.8, 4) is 0 Å². The minimum absolute atomic E-state index is 0.101. The number of nitrogens with two attached hydrogens (primary N) is 1. The lowest BCUT2D eigenvalue weighted by Crippen LogP contribution is -2.37. The van der Waals surface area contributed by atoms with Gasteiger partial charge in [0, 0.05) is 17.9 Å². The van der Waals surface area contributed by atoms with E-state index in [0.29, 0.717) is 24.4 Å². The van der Waals surface area contributed by atoms with Gasteiger partial charge in [0.1, 0.15) is 0 Å². The summed E-state index contributed by atoms with van der Waals surface area (Å²) in [5, 5.41) is -0.164. The van der Waals surface area contributed by atoms with Crippen LogP contribution in [0.1, 0.15) is 17.5 Å². The van der Waals surface area contributed by atoms with E-state index in [9.17, 15) is 9.59 Å². The number of anilines is 1. The Morgan fingerprint density at radius 3 is 2.88 bits per heavy atom. The highest BCUT2D eigenvalue weighted by Gasteiger charge is 2.27. The van der Waals surface area contributed by atoms with E-state index in [1.807, 2.05) is 25.1 Å². The highest BCUT2D eigenvalue weighted by molar-refractivity contribution is 8.13. The SMILES string of the molecule is Cc1c(N)cccc1CN1C(=O)CCSC1=O. The van der Waals surface area contributed by atoms with Gasteiger partial charge in [-0.1, -0.05) is 23.9 Å². The molecule has 2 amide bonds. The molecule has 0 atom stereocenters. The molecule has 0 spiro atoms. The summed E-state index contributed by atoms with van der Waals surface area (Å²) in [6.07, 6.45) is 0.428. The topological polar surface area (TPSA) is 63.4 Å². The van der Waals surface area contributed by atoms with Crippen LogP contribution in [-0.2, 0) is 11.3 Å². The molecule has 1 aromatic rings. The summed E-state index contributed by atoms with van der Waals surface area (Å²) in [5.74, 6) is 0.486. The smallest absolute Gasteiger partial charge is 0.288 e. The van der Waals surface area contributed by atoms with Crippen LogP contribution in [0.4, 0.5) is 10.5 Å². The van der Waals surface area contributed by atoms with Gasteiger partial charge in [0.05, 0.1) is 6.54 Å². The van der Waals surface area contributed by atoms with Crippen LogP contribution in [0.15, 0.2) is 18.2 Å². The number of nitrogen functional groups attached to an aromatic ring is 1. The van der Waals surface area contributed by atoms with Crippen LogP contribution in [0.5, 0.6) is 0 Å². The van der Waals surface area contributed by atoms with Crippen molar-refractivity contribution in [2.45, 2.75) is 19.9 Å². The molecule has 1 heterocycles. The summed E-state index contributed by atoms with van der Waals surface area (Å²) >= 11 is 1.19. The Morgan fingerprint density at radius 2 is 2.18 bits per heavy atom. The monoisotopic (exact) mass is 250 g/mol. The van der Waals surface area contributed by atoms with E-state index in [-0.39, 0.29) is 11.1 Å². The average Bonchev–Trinajstić information content (AvgIpc) is 2.29. The summed E-state index contributed by atoms with van der Waals surface area (Å²) in [6.45, 7) is 2.22. The maximum Gasteiger partial charge on any atom is 0.288 e. The molecule has 2 N–H and O–H groups in total. The third-order valence-electron chi connectivity index (χ3n) is 2.88. The van der Waals surface area contributed by atoms with Gasteiger partial charge in [0.25, 0.3) is 5.24 Å². The molecule has 17 heavy (non-hydrogen) atoms. The molecule has 5 heteroatoms. The maximum atomic E-state index is 11.7. The van der Waals surface area contributed by atoms with Crippen molar-refractivity contribution < 1.29 is 9.59 Å². The molecule has 90 valence electrons. The molecule has 0 unspecified atom stereocenters. The largest absolute Gasteiger partial charge is 0.399 e. The van der Waals surface area contributed by atoms with Gasteiger partial charge < -0.3 is 5.73 Å². The van der Waals surface area contributed by atoms with Crippen molar-refractivity contribution in [3.63, 3.8) is 0 Å². The van der Waals surface area contributed by atoms with Crippen LogP contribution in [0.25, 0.3) is 0 Å². The quantitative estimate of drug-likeness (QED) is 0.817. The number of carbonyl (C=O) groups excluding carboxylic acids is 2. The molecular weight excluding hydrogens is 236 g/mol. The van der Waals surface area contributed by atoms with Crippen molar-refractivity contribution in [3.05, 3.63) is 29.3 Å². The Balaban J connectivity index is 2.22. The van der Waals surface area contributed by atoms with Gasteiger partial charge in [-0.3, -0.25) is 14.5 Å². The molecule has 2 rings (SSSR count). The molecule has 1 fully saturated rings. The Kier molecular flexibility index (Phi) is 3.38. The molecular formula is C12H14N2O2S. The normalized spacial score (nSPS) is 16.4. The molecule has 1 saturated heterocycles. The second-order valence-corrected chi connectivity index (χ2v) is 5.02. The van der Waals surface area contributed by atoms with Gasteiger partial charge >= 0.3 is 0 Å². The van der Waals surface area contributed by atoms with Crippen LogP contribution in [-0.4, -0.2) is 21.8 Å². The van der Waals surface area contributed by atoms with E-state index in [1.165, 1.54) is 16.7 Å². The third-order valence-corrected chi connectivity index (χ3v) is 3.75. The number of rotatable bonds is 2. The fourth-order valence-electron chi connectivity index (χ4n) is 1.74. The van der Waals surface area contributed by atoms with Crippen molar-refractivity contribution in [2.24, 2.45) is 0 Å². The standard InChI is InChI=1S/C12H14N2O2S/c1-8-9(3-2-4-10(8)13)7-14-11(15)5-6-17-12(14)16/h2-4H,5-7,13H2,1H3. The van der Waals surface area contributed by atoms with Gasteiger partial charge in [-0.05, 0) is 24.1 Å². The van der Waals surface area contributed by atoms with E-state index in [0.717, 1.165) is 11.1 Å². The molecule has 1 aromatic carbocycles. The van der Waals surface area contributed by atoms with E-state index < -0.39 is 0 Å². The van der Waals surface area contributed by atoms with Crippen molar-refractivity contribution in [1.82, 2.24) is 4.90 Å². The lowest BCUT2D eigenvalue weighted by Gasteiger charge is -2.25. The summed E-state index contributed by atoms with van der Waals surface area (Å²) in [6, 6.07) is 5.54. The molecule has 0 radical (unpaired) electrons. The number of benzene rings is 1. The predicted molar refractivity (Wildman–Crippen MR) is 68.6 cm³/mol. The van der Waals surface area contributed by atoms with Crippen molar-refractivity contribution >= 4 is 28.6 Å². The summed E-state index contributed by atoms with van der Waals surface area (Å²) < 4.78 is 0. The number of thioether (sulfide) groups is 1. The highest BCUT2D eigenvalue weighted by atomic mass is 32.2. The summed E-state index contributed by atoms with van der Waals surface area (Å²) in [5.41, 5.74) is 8.35. The Bertz CT molecular complexity index is 458. The molecule has 0 aliphatic carbocycles. The first-order valence-corrected chi connectivity index (χ1v) is 6.39. The van der Waals surface area contributed by atoms with Gasteiger partial charge in [-0.15, -0.1) is 0 Å². The zero-order valence-electron chi connectivity index (χ0n) is 9.60.